The van der Waals surface area contributed by atoms with Gasteiger partial charge >= 0.3 is 0 Å². The third kappa shape index (κ3) is 1.40. The zero-order valence-electron chi connectivity index (χ0n) is 8.08. The lowest BCUT2D eigenvalue weighted by molar-refractivity contribution is 0.477. The van der Waals surface area contributed by atoms with E-state index in [9.17, 15) is 13.2 Å². The standard InChI is InChI=1S/C10H7F3N2S/c11-6-3-7(12)9-10(8(6)13)16-14-4-15(9)5-1-2-5/h3-5H,1-2H2. The largest absolute Gasteiger partial charge is 0.325 e. The van der Waals surface area contributed by atoms with Crippen LogP contribution >= 0.6 is 11.9 Å². The van der Waals surface area contributed by atoms with Crippen LogP contribution in [-0.4, -0.2) is 12.4 Å². The molecule has 0 amide bonds. The molecule has 1 aromatic rings. The number of rotatable bonds is 1. The quantitative estimate of drug-likeness (QED) is 0.557. The summed E-state index contributed by atoms with van der Waals surface area (Å²) in [4.78, 5) is 1.52. The van der Waals surface area contributed by atoms with E-state index in [0.717, 1.165) is 24.8 Å². The van der Waals surface area contributed by atoms with Gasteiger partial charge in [-0.2, -0.15) is 0 Å². The average molecular weight is 244 g/mol. The lowest BCUT2D eigenvalue weighted by Gasteiger charge is -2.25. The second kappa shape index (κ2) is 3.41. The number of anilines is 1. The Morgan fingerprint density at radius 1 is 1.25 bits per heavy atom. The first-order valence-electron chi connectivity index (χ1n) is 4.85. The lowest BCUT2D eigenvalue weighted by atomic mass is 10.2. The van der Waals surface area contributed by atoms with Crippen LogP contribution in [-0.2, 0) is 0 Å². The van der Waals surface area contributed by atoms with Gasteiger partial charge in [0.25, 0.3) is 0 Å². The molecular formula is C10H7F3N2S. The van der Waals surface area contributed by atoms with Gasteiger partial charge in [0.05, 0.1) is 10.6 Å². The summed E-state index contributed by atoms with van der Waals surface area (Å²) in [5, 5.41) is 0. The highest BCUT2D eigenvalue weighted by atomic mass is 32.2. The van der Waals surface area contributed by atoms with Crippen LogP contribution in [0.15, 0.2) is 15.4 Å². The van der Waals surface area contributed by atoms with Crippen molar-refractivity contribution in [3.05, 3.63) is 23.5 Å². The van der Waals surface area contributed by atoms with E-state index in [2.05, 4.69) is 4.40 Å². The van der Waals surface area contributed by atoms with Gasteiger partial charge in [-0.05, 0) is 12.8 Å². The molecule has 0 N–H and O–H groups in total. The highest BCUT2D eigenvalue weighted by molar-refractivity contribution is 7.98. The molecule has 0 unspecified atom stereocenters. The Morgan fingerprint density at radius 3 is 2.69 bits per heavy atom. The van der Waals surface area contributed by atoms with Crippen molar-refractivity contribution in [3.8, 4) is 0 Å². The first-order chi connectivity index (χ1) is 7.68. The Balaban J connectivity index is 2.18. The molecule has 2 aliphatic rings. The van der Waals surface area contributed by atoms with Gasteiger partial charge < -0.3 is 4.90 Å². The van der Waals surface area contributed by atoms with Gasteiger partial charge in [-0.25, -0.2) is 17.6 Å². The fourth-order valence-electron chi connectivity index (χ4n) is 1.70. The molecule has 0 bridgehead atoms. The van der Waals surface area contributed by atoms with Crippen molar-refractivity contribution in [2.75, 3.05) is 4.90 Å². The van der Waals surface area contributed by atoms with Crippen LogP contribution in [0.1, 0.15) is 12.8 Å². The molecule has 0 saturated heterocycles. The molecule has 1 saturated carbocycles. The van der Waals surface area contributed by atoms with E-state index in [1.165, 1.54) is 6.34 Å². The summed E-state index contributed by atoms with van der Waals surface area (Å²) in [7, 11) is 0. The minimum atomic E-state index is -1.17. The smallest absolute Gasteiger partial charge is 0.176 e. The van der Waals surface area contributed by atoms with Crippen molar-refractivity contribution in [2.24, 2.45) is 4.40 Å². The van der Waals surface area contributed by atoms with Crippen molar-refractivity contribution < 1.29 is 13.2 Å². The maximum absolute atomic E-state index is 13.6. The van der Waals surface area contributed by atoms with E-state index in [1.807, 2.05) is 0 Å². The molecule has 0 atom stereocenters. The predicted molar refractivity (Wildman–Crippen MR) is 56.2 cm³/mol. The summed E-state index contributed by atoms with van der Waals surface area (Å²) in [5.41, 5.74) is 0.112. The van der Waals surface area contributed by atoms with Crippen molar-refractivity contribution in [1.82, 2.24) is 0 Å². The molecule has 16 heavy (non-hydrogen) atoms. The van der Waals surface area contributed by atoms with Gasteiger partial charge in [-0.1, -0.05) is 0 Å². The molecule has 0 spiro atoms. The maximum Gasteiger partial charge on any atom is 0.176 e. The Labute approximate surface area is 94.3 Å². The molecule has 84 valence electrons. The van der Waals surface area contributed by atoms with Crippen LogP contribution < -0.4 is 4.90 Å². The van der Waals surface area contributed by atoms with E-state index in [-0.39, 0.29) is 16.6 Å². The van der Waals surface area contributed by atoms with Gasteiger partial charge in [-0.3, -0.25) is 0 Å². The van der Waals surface area contributed by atoms with Crippen molar-refractivity contribution in [3.63, 3.8) is 0 Å². The van der Waals surface area contributed by atoms with Gasteiger partial charge in [0.2, 0.25) is 0 Å². The van der Waals surface area contributed by atoms with Gasteiger partial charge in [0, 0.05) is 24.1 Å². The number of nitrogens with zero attached hydrogens (tertiary/aromatic N) is 2. The summed E-state index contributed by atoms with van der Waals surface area (Å²) in [6.07, 6.45) is 3.33. The third-order valence-electron chi connectivity index (χ3n) is 2.62. The van der Waals surface area contributed by atoms with E-state index < -0.39 is 17.5 Å². The second-order valence-corrected chi connectivity index (χ2v) is 4.58. The molecule has 1 aromatic carbocycles. The number of halogens is 3. The van der Waals surface area contributed by atoms with Crippen LogP contribution in [0.5, 0.6) is 0 Å². The molecule has 1 aliphatic carbocycles. The Kier molecular flexibility index (Phi) is 2.14. The van der Waals surface area contributed by atoms with E-state index in [4.69, 9.17) is 0 Å². The number of hydrogen-bond donors (Lipinski definition) is 0. The summed E-state index contributed by atoms with van der Waals surface area (Å²) in [5.74, 6) is -2.93. The molecule has 0 aromatic heterocycles. The first-order valence-corrected chi connectivity index (χ1v) is 5.62. The van der Waals surface area contributed by atoms with Crippen LogP contribution in [0.2, 0.25) is 0 Å². The molecule has 6 heteroatoms. The molecule has 1 heterocycles. The van der Waals surface area contributed by atoms with Gasteiger partial charge in [-0.15, -0.1) is 0 Å². The molecule has 3 rings (SSSR count). The van der Waals surface area contributed by atoms with Crippen LogP contribution in [0, 0.1) is 17.5 Å². The summed E-state index contributed by atoms with van der Waals surface area (Å²) >= 11 is 0.765. The van der Waals surface area contributed by atoms with Gasteiger partial charge in [0.1, 0.15) is 6.34 Å². The van der Waals surface area contributed by atoms with Crippen molar-refractivity contribution >= 4 is 24.0 Å². The fraction of sp³-hybridized carbons (Fsp3) is 0.300. The molecule has 2 nitrogen and oxygen atoms in total. The Hall–Kier alpha value is -1.17. The third-order valence-corrected chi connectivity index (χ3v) is 3.37. The zero-order chi connectivity index (χ0) is 11.3. The normalized spacial score (nSPS) is 18.8. The minimum absolute atomic E-state index is 0.0631. The van der Waals surface area contributed by atoms with E-state index >= 15 is 0 Å². The van der Waals surface area contributed by atoms with Crippen molar-refractivity contribution in [1.29, 1.82) is 0 Å². The van der Waals surface area contributed by atoms with Gasteiger partial charge in [0.15, 0.2) is 17.5 Å². The van der Waals surface area contributed by atoms with Crippen LogP contribution in [0.4, 0.5) is 18.9 Å². The summed E-state index contributed by atoms with van der Waals surface area (Å²) < 4.78 is 43.9. The highest BCUT2D eigenvalue weighted by Gasteiger charge is 2.35. The van der Waals surface area contributed by atoms with Crippen molar-refractivity contribution in [2.45, 2.75) is 23.8 Å². The molecule has 1 fully saturated rings. The summed E-state index contributed by atoms with van der Waals surface area (Å²) in [6, 6.07) is 0.756. The molecular weight excluding hydrogens is 237 g/mol. The maximum atomic E-state index is 13.6. The van der Waals surface area contributed by atoms with Crippen LogP contribution in [0.3, 0.4) is 0 Å². The average Bonchev–Trinajstić information content (AvgIpc) is 3.09. The SMILES string of the molecule is Fc1cc(F)c2c(c1F)SN=CN2C1CC1. The molecule has 0 radical (unpaired) electrons. The topological polar surface area (TPSA) is 15.6 Å². The lowest BCUT2D eigenvalue weighted by Crippen LogP contribution is -2.27. The number of benzene rings is 1. The first kappa shape index (κ1) is 10.0. The number of hydrogen-bond acceptors (Lipinski definition) is 3. The van der Waals surface area contributed by atoms with Crippen LogP contribution in [0.25, 0.3) is 0 Å². The Morgan fingerprint density at radius 2 is 2.00 bits per heavy atom. The number of fused-ring (bicyclic) bond motifs is 1. The zero-order valence-corrected chi connectivity index (χ0v) is 8.90. The Bertz CT molecular complexity index is 485. The fourth-order valence-corrected chi connectivity index (χ4v) is 2.42. The highest BCUT2D eigenvalue weighted by Crippen LogP contribution is 2.43. The molecule has 1 aliphatic heterocycles. The predicted octanol–water partition coefficient (Wildman–Crippen LogP) is 3.12. The monoisotopic (exact) mass is 244 g/mol. The minimum Gasteiger partial charge on any atom is -0.325 e. The van der Waals surface area contributed by atoms with E-state index in [1.54, 1.807) is 4.90 Å². The second-order valence-electron chi connectivity index (χ2n) is 3.78. The summed E-state index contributed by atoms with van der Waals surface area (Å²) in [6.45, 7) is 0. The van der Waals surface area contributed by atoms with E-state index in [0.29, 0.717) is 6.07 Å².